The Morgan fingerprint density at radius 3 is 2.67 bits per heavy atom. The fraction of sp³-hybridized carbons (Fsp3) is 0.111. The average Bonchev–Trinajstić information content (AvgIpc) is 2.95. The van der Waals surface area contributed by atoms with Crippen molar-refractivity contribution in [2.45, 2.75) is 13.5 Å². The van der Waals surface area contributed by atoms with Gasteiger partial charge in [-0.1, -0.05) is 29.8 Å². The summed E-state index contributed by atoms with van der Waals surface area (Å²) in [5, 5.41) is 9.78. The summed E-state index contributed by atoms with van der Waals surface area (Å²) in [6, 6.07) is 14.9. The van der Waals surface area contributed by atoms with Crippen LogP contribution in [-0.4, -0.2) is 9.55 Å². The van der Waals surface area contributed by atoms with E-state index >= 15 is 0 Å². The SMILES string of the molecule is Cc1cn(Cc2ccc(C#N)c(Oc3ccccc3Cl)c2)cn1.Cl. The minimum atomic E-state index is 0. The Morgan fingerprint density at radius 1 is 1.21 bits per heavy atom. The zero-order valence-corrected chi connectivity index (χ0v) is 14.5. The molecule has 3 rings (SSSR count). The molecule has 6 heteroatoms. The van der Waals surface area contributed by atoms with Crippen molar-refractivity contribution in [2.24, 2.45) is 0 Å². The zero-order valence-electron chi connectivity index (χ0n) is 12.9. The summed E-state index contributed by atoms with van der Waals surface area (Å²) < 4.78 is 7.82. The Kier molecular flexibility index (Phi) is 5.86. The van der Waals surface area contributed by atoms with Gasteiger partial charge in [-0.25, -0.2) is 4.98 Å². The largest absolute Gasteiger partial charge is 0.454 e. The van der Waals surface area contributed by atoms with Crippen LogP contribution in [0.5, 0.6) is 11.5 Å². The van der Waals surface area contributed by atoms with Crippen LogP contribution < -0.4 is 4.74 Å². The summed E-state index contributed by atoms with van der Waals surface area (Å²) in [7, 11) is 0. The van der Waals surface area contributed by atoms with Crippen molar-refractivity contribution >= 4 is 24.0 Å². The maximum atomic E-state index is 9.27. The van der Waals surface area contributed by atoms with Crippen LogP contribution in [0.2, 0.25) is 5.02 Å². The van der Waals surface area contributed by atoms with Gasteiger partial charge in [-0.2, -0.15) is 5.26 Å². The number of halogens is 2. The second-order valence-electron chi connectivity index (χ2n) is 5.16. The van der Waals surface area contributed by atoms with E-state index in [4.69, 9.17) is 16.3 Å². The highest BCUT2D eigenvalue weighted by Crippen LogP contribution is 2.31. The molecule has 2 aromatic carbocycles. The van der Waals surface area contributed by atoms with Gasteiger partial charge in [0.05, 0.1) is 22.6 Å². The molecule has 0 amide bonds. The quantitative estimate of drug-likeness (QED) is 0.659. The van der Waals surface area contributed by atoms with E-state index in [9.17, 15) is 5.26 Å². The predicted molar refractivity (Wildman–Crippen MR) is 96.0 cm³/mol. The number of ether oxygens (including phenoxy) is 1. The topological polar surface area (TPSA) is 50.8 Å². The Hall–Kier alpha value is -2.48. The Balaban J connectivity index is 0.00000208. The molecule has 1 aromatic heterocycles. The lowest BCUT2D eigenvalue weighted by Gasteiger charge is -2.11. The molecule has 0 radical (unpaired) electrons. The third-order valence-corrected chi connectivity index (χ3v) is 3.66. The number of hydrogen-bond acceptors (Lipinski definition) is 3. The van der Waals surface area contributed by atoms with Gasteiger partial charge in [-0.3, -0.25) is 0 Å². The summed E-state index contributed by atoms with van der Waals surface area (Å²) in [5.41, 5.74) is 2.45. The summed E-state index contributed by atoms with van der Waals surface area (Å²) in [4.78, 5) is 4.21. The molecule has 0 N–H and O–H groups in total. The van der Waals surface area contributed by atoms with Crippen molar-refractivity contribution in [1.29, 1.82) is 5.26 Å². The van der Waals surface area contributed by atoms with Crippen molar-refractivity contribution in [3.63, 3.8) is 0 Å². The van der Waals surface area contributed by atoms with E-state index in [0.29, 0.717) is 28.6 Å². The molecule has 0 saturated heterocycles. The lowest BCUT2D eigenvalue weighted by molar-refractivity contribution is 0.480. The first-order chi connectivity index (χ1) is 11.2. The smallest absolute Gasteiger partial charge is 0.146 e. The highest BCUT2D eigenvalue weighted by molar-refractivity contribution is 6.32. The minimum Gasteiger partial charge on any atom is -0.454 e. The predicted octanol–water partition coefficient (Wildman–Crippen LogP) is 4.98. The fourth-order valence-corrected chi connectivity index (χ4v) is 2.43. The van der Waals surface area contributed by atoms with Crippen molar-refractivity contribution in [3.8, 4) is 17.6 Å². The standard InChI is InChI=1S/C18H14ClN3O.ClH/c1-13-10-22(12-21-13)11-14-6-7-15(9-20)18(8-14)23-17-5-3-2-4-16(17)19;/h2-8,10,12H,11H2,1H3;1H. The molecule has 0 aliphatic rings. The lowest BCUT2D eigenvalue weighted by Crippen LogP contribution is -1.98. The summed E-state index contributed by atoms with van der Waals surface area (Å²) in [6.45, 7) is 2.60. The second-order valence-corrected chi connectivity index (χ2v) is 5.57. The molecule has 3 aromatic rings. The molecule has 122 valence electrons. The number of nitriles is 1. The van der Waals surface area contributed by atoms with Gasteiger partial charge in [0.15, 0.2) is 0 Å². The number of rotatable bonds is 4. The lowest BCUT2D eigenvalue weighted by atomic mass is 10.1. The maximum absolute atomic E-state index is 9.27. The summed E-state index contributed by atoms with van der Waals surface area (Å²) in [6.07, 6.45) is 3.74. The third kappa shape index (κ3) is 4.08. The molecule has 0 aliphatic carbocycles. The normalized spacial score (nSPS) is 9.88. The van der Waals surface area contributed by atoms with E-state index in [1.165, 1.54) is 0 Å². The van der Waals surface area contributed by atoms with Crippen LogP contribution in [0.3, 0.4) is 0 Å². The van der Waals surface area contributed by atoms with Crippen LogP contribution in [-0.2, 0) is 6.54 Å². The van der Waals surface area contributed by atoms with Gasteiger partial charge in [0, 0.05) is 12.7 Å². The van der Waals surface area contributed by atoms with E-state index < -0.39 is 0 Å². The number of hydrogen-bond donors (Lipinski definition) is 0. The molecule has 1 heterocycles. The number of benzene rings is 2. The molecule has 0 aliphatic heterocycles. The van der Waals surface area contributed by atoms with Crippen LogP contribution in [0.4, 0.5) is 0 Å². The molecule has 24 heavy (non-hydrogen) atoms. The van der Waals surface area contributed by atoms with Crippen LogP contribution in [0.1, 0.15) is 16.8 Å². The number of para-hydroxylation sites is 1. The van der Waals surface area contributed by atoms with Gasteiger partial charge < -0.3 is 9.30 Å². The zero-order chi connectivity index (χ0) is 16.2. The first-order valence-corrected chi connectivity index (χ1v) is 7.47. The molecule has 0 saturated carbocycles. The molecule has 0 unspecified atom stereocenters. The molecule has 0 bridgehead atoms. The Bertz CT molecular complexity index is 884. The van der Waals surface area contributed by atoms with E-state index in [0.717, 1.165) is 11.3 Å². The molecule has 0 atom stereocenters. The second kappa shape index (κ2) is 7.87. The molecule has 4 nitrogen and oxygen atoms in total. The van der Waals surface area contributed by atoms with Crippen LogP contribution in [0, 0.1) is 18.3 Å². The van der Waals surface area contributed by atoms with Crippen molar-refractivity contribution in [2.75, 3.05) is 0 Å². The van der Waals surface area contributed by atoms with E-state index in [2.05, 4.69) is 11.1 Å². The monoisotopic (exact) mass is 359 g/mol. The summed E-state index contributed by atoms with van der Waals surface area (Å²) >= 11 is 6.12. The maximum Gasteiger partial charge on any atom is 0.146 e. The molecule has 0 spiro atoms. The van der Waals surface area contributed by atoms with Crippen molar-refractivity contribution in [1.82, 2.24) is 9.55 Å². The molecule has 0 fully saturated rings. The highest BCUT2D eigenvalue weighted by atomic mass is 35.5. The minimum absolute atomic E-state index is 0. The average molecular weight is 360 g/mol. The number of imidazole rings is 1. The van der Waals surface area contributed by atoms with E-state index in [1.807, 2.05) is 42.0 Å². The van der Waals surface area contributed by atoms with E-state index in [1.54, 1.807) is 24.5 Å². The first-order valence-electron chi connectivity index (χ1n) is 7.09. The van der Waals surface area contributed by atoms with Gasteiger partial charge in [-0.05, 0) is 36.8 Å². The first kappa shape index (κ1) is 17.9. The van der Waals surface area contributed by atoms with Gasteiger partial charge in [-0.15, -0.1) is 12.4 Å². The molecular weight excluding hydrogens is 345 g/mol. The van der Waals surface area contributed by atoms with Crippen LogP contribution >= 0.6 is 24.0 Å². The van der Waals surface area contributed by atoms with Gasteiger partial charge >= 0.3 is 0 Å². The van der Waals surface area contributed by atoms with Crippen LogP contribution in [0.25, 0.3) is 0 Å². The Labute approximate surface area is 151 Å². The van der Waals surface area contributed by atoms with E-state index in [-0.39, 0.29) is 12.4 Å². The number of nitrogens with zero attached hydrogens (tertiary/aromatic N) is 3. The van der Waals surface area contributed by atoms with Crippen molar-refractivity contribution in [3.05, 3.63) is 76.8 Å². The molecular formula is C18H15Cl2N3O. The summed E-state index contributed by atoms with van der Waals surface area (Å²) in [5.74, 6) is 1.02. The Morgan fingerprint density at radius 2 is 2.00 bits per heavy atom. The van der Waals surface area contributed by atoms with Gasteiger partial charge in [0.25, 0.3) is 0 Å². The van der Waals surface area contributed by atoms with Gasteiger partial charge in [0.1, 0.15) is 17.6 Å². The van der Waals surface area contributed by atoms with Crippen molar-refractivity contribution < 1.29 is 4.74 Å². The fourth-order valence-electron chi connectivity index (χ4n) is 2.26. The third-order valence-electron chi connectivity index (χ3n) is 3.35. The number of aryl methyl sites for hydroxylation is 1. The highest BCUT2D eigenvalue weighted by Gasteiger charge is 2.09. The van der Waals surface area contributed by atoms with Gasteiger partial charge in [0.2, 0.25) is 0 Å². The number of aromatic nitrogens is 2. The van der Waals surface area contributed by atoms with Crippen LogP contribution in [0.15, 0.2) is 55.0 Å².